The van der Waals surface area contributed by atoms with Crippen molar-refractivity contribution in [1.29, 1.82) is 0 Å². The predicted molar refractivity (Wildman–Crippen MR) is 215 cm³/mol. The fourth-order valence-corrected chi connectivity index (χ4v) is 9.60. The van der Waals surface area contributed by atoms with Gasteiger partial charge in [0.15, 0.2) is 0 Å². The number of aryl methyl sites for hydroxylation is 1. The van der Waals surface area contributed by atoms with Gasteiger partial charge in [-0.05, 0) is 121 Å². The van der Waals surface area contributed by atoms with Gasteiger partial charge in [0.2, 0.25) is 0 Å². The molecule has 0 saturated heterocycles. The molecule has 0 bridgehead atoms. The van der Waals surface area contributed by atoms with E-state index in [1.165, 1.54) is 106 Å². The molecular weight excluding hydrogens is 615 g/mol. The van der Waals surface area contributed by atoms with Gasteiger partial charge in [-0.15, -0.1) is 0 Å². The molecule has 1 heteroatoms. The first kappa shape index (κ1) is 28.6. The normalized spacial score (nSPS) is 18.5. The minimum atomic E-state index is -0.544. The molecule has 0 saturated carbocycles. The van der Waals surface area contributed by atoms with Crippen LogP contribution in [0.15, 0.2) is 169 Å². The molecule has 1 spiro atoms. The Morgan fingerprint density at radius 2 is 1.24 bits per heavy atom. The van der Waals surface area contributed by atoms with Crippen molar-refractivity contribution in [3.63, 3.8) is 0 Å². The van der Waals surface area contributed by atoms with Crippen LogP contribution in [0, 0.1) is 19.3 Å². The molecule has 240 valence electrons. The van der Waals surface area contributed by atoms with Crippen molar-refractivity contribution in [2.45, 2.75) is 20.3 Å². The summed E-state index contributed by atoms with van der Waals surface area (Å²) < 4.78 is 0. The third kappa shape index (κ3) is 3.81. The van der Waals surface area contributed by atoms with Gasteiger partial charge in [-0.2, -0.15) is 0 Å². The Balaban J connectivity index is 1.26. The van der Waals surface area contributed by atoms with Crippen LogP contribution in [-0.4, -0.2) is 0 Å². The maximum absolute atomic E-state index is 2.67. The van der Waals surface area contributed by atoms with Gasteiger partial charge < -0.3 is 4.90 Å². The quantitative estimate of drug-likeness (QED) is 0.184. The van der Waals surface area contributed by atoms with Crippen molar-refractivity contribution in [3.05, 3.63) is 213 Å². The second-order valence-electron chi connectivity index (χ2n) is 14.5. The van der Waals surface area contributed by atoms with Crippen LogP contribution < -0.4 is 4.90 Å². The van der Waals surface area contributed by atoms with Crippen LogP contribution in [-0.2, 0) is 6.42 Å². The Labute approximate surface area is 299 Å². The molecule has 51 heavy (non-hydrogen) atoms. The van der Waals surface area contributed by atoms with E-state index in [4.69, 9.17) is 0 Å². The van der Waals surface area contributed by atoms with Crippen LogP contribution in [0.1, 0.15) is 44.5 Å². The van der Waals surface area contributed by atoms with E-state index in [0.717, 1.165) is 6.42 Å². The summed E-state index contributed by atoms with van der Waals surface area (Å²) in [6.45, 7) is 4.62. The van der Waals surface area contributed by atoms with Gasteiger partial charge in [0, 0.05) is 17.5 Å². The summed E-state index contributed by atoms with van der Waals surface area (Å²) in [6.07, 6.45) is 17.8. The van der Waals surface area contributed by atoms with Crippen molar-refractivity contribution in [2.75, 3.05) is 4.90 Å². The average Bonchev–Trinajstić information content (AvgIpc) is 3.86. The van der Waals surface area contributed by atoms with E-state index in [1.54, 1.807) is 0 Å². The van der Waals surface area contributed by atoms with Crippen LogP contribution in [0.2, 0.25) is 0 Å². The van der Waals surface area contributed by atoms with Gasteiger partial charge in [-0.3, -0.25) is 0 Å². The number of hydrogen-bond donors (Lipinski definition) is 0. The summed E-state index contributed by atoms with van der Waals surface area (Å²) in [5, 5.41) is 2.49. The van der Waals surface area contributed by atoms with Crippen LogP contribution >= 0.6 is 0 Å². The van der Waals surface area contributed by atoms with Crippen molar-refractivity contribution in [1.82, 2.24) is 0 Å². The maximum atomic E-state index is 2.67. The number of benzene rings is 6. The van der Waals surface area contributed by atoms with E-state index in [1.807, 2.05) is 0 Å². The Hall–Kier alpha value is -6.18. The predicted octanol–water partition coefficient (Wildman–Crippen LogP) is 12.6. The van der Waals surface area contributed by atoms with Crippen LogP contribution in [0.3, 0.4) is 0 Å². The molecule has 0 N–H and O–H groups in total. The Morgan fingerprint density at radius 3 is 2.02 bits per heavy atom. The number of hydrogen-bond acceptors (Lipinski definition) is 1. The smallest absolute Gasteiger partial charge is 0.0803 e. The number of rotatable bonds is 3. The van der Waals surface area contributed by atoms with Crippen molar-refractivity contribution in [3.8, 4) is 11.1 Å². The third-order valence-electron chi connectivity index (χ3n) is 12.0. The van der Waals surface area contributed by atoms with Crippen molar-refractivity contribution >= 4 is 45.4 Å². The third-order valence-corrected chi connectivity index (χ3v) is 12.0. The van der Waals surface area contributed by atoms with Crippen LogP contribution in [0.5, 0.6) is 0 Å². The van der Waals surface area contributed by atoms with Crippen LogP contribution in [0.4, 0.5) is 11.4 Å². The molecular formula is C50H35N. The van der Waals surface area contributed by atoms with E-state index in [0.29, 0.717) is 0 Å². The average molecular weight is 650 g/mol. The topological polar surface area (TPSA) is 3.24 Å². The number of fused-ring (bicyclic) bond motifs is 12. The Kier molecular flexibility index (Phi) is 5.85. The van der Waals surface area contributed by atoms with Crippen molar-refractivity contribution < 1.29 is 0 Å². The fraction of sp³-hybridized carbons (Fsp3) is 0.0800. The lowest BCUT2D eigenvalue weighted by Crippen LogP contribution is -2.38. The van der Waals surface area contributed by atoms with E-state index >= 15 is 0 Å². The lowest BCUT2D eigenvalue weighted by atomic mass is 9.63. The summed E-state index contributed by atoms with van der Waals surface area (Å²) >= 11 is 0. The summed E-state index contributed by atoms with van der Waals surface area (Å²) in [5.41, 5.74) is 21.9. The van der Waals surface area contributed by atoms with Gasteiger partial charge in [0.25, 0.3) is 0 Å². The molecule has 0 heterocycles. The minimum absolute atomic E-state index is 0.544. The number of anilines is 2. The highest BCUT2D eigenvalue weighted by Gasteiger charge is 2.51. The van der Waals surface area contributed by atoms with Crippen LogP contribution in [0.25, 0.3) is 45.2 Å². The maximum Gasteiger partial charge on any atom is 0.0803 e. The highest BCUT2D eigenvalue weighted by atomic mass is 15.2. The SMILES string of the molecule is Cc1cc2c(c(N(C3=CC=C4C(=Cc5ccccc54)C34C=CC=C3C4=Cc4ccccc43)c3cccc4ccccc34)c1C)Cc1ccccc1-2. The zero-order valence-corrected chi connectivity index (χ0v) is 28.7. The van der Waals surface area contributed by atoms with E-state index in [2.05, 4.69) is 183 Å². The molecule has 0 fully saturated rings. The van der Waals surface area contributed by atoms with Crippen molar-refractivity contribution in [2.24, 2.45) is 5.41 Å². The molecule has 5 aliphatic rings. The Morgan fingerprint density at radius 1 is 0.588 bits per heavy atom. The van der Waals surface area contributed by atoms with Gasteiger partial charge in [-0.1, -0.05) is 140 Å². The summed E-state index contributed by atoms with van der Waals surface area (Å²) in [4.78, 5) is 2.67. The molecule has 1 nitrogen and oxygen atoms in total. The first-order valence-corrected chi connectivity index (χ1v) is 18.1. The minimum Gasteiger partial charge on any atom is -0.311 e. The van der Waals surface area contributed by atoms with Gasteiger partial charge in [0.1, 0.15) is 0 Å². The standard InChI is InChI=1S/C50H35N/c1-31-27-43-39-20-9-4-14-34(39)28-44(43)49(32(31)2)51(47-23-11-17-33-13-3-10-21-40(33)47)48-25-24-42-38-19-8-6-16-36(38)30-46(42)50(48)26-12-22-41-37-18-7-5-15-35(37)29-45(41)50/h3-27,29-30H,28H2,1-2H3. The summed E-state index contributed by atoms with van der Waals surface area (Å²) in [7, 11) is 0. The van der Waals surface area contributed by atoms with E-state index in [-0.39, 0.29) is 0 Å². The highest BCUT2D eigenvalue weighted by Crippen LogP contribution is 2.64. The summed E-state index contributed by atoms with van der Waals surface area (Å²) in [5.74, 6) is 0. The molecule has 6 aromatic carbocycles. The molecule has 5 aliphatic carbocycles. The Bertz CT molecular complexity index is 2710. The first-order valence-electron chi connectivity index (χ1n) is 18.1. The lowest BCUT2D eigenvalue weighted by molar-refractivity contribution is 0.676. The van der Waals surface area contributed by atoms with E-state index < -0.39 is 5.41 Å². The van der Waals surface area contributed by atoms with E-state index in [9.17, 15) is 0 Å². The number of allylic oxidation sites excluding steroid dienone is 7. The molecule has 6 aromatic rings. The summed E-state index contributed by atoms with van der Waals surface area (Å²) in [6, 6.07) is 44.9. The van der Waals surface area contributed by atoms with Gasteiger partial charge in [0.05, 0.1) is 16.8 Å². The number of nitrogens with zero attached hydrogens (tertiary/aromatic N) is 1. The zero-order valence-electron chi connectivity index (χ0n) is 28.7. The second-order valence-corrected chi connectivity index (χ2v) is 14.5. The highest BCUT2D eigenvalue weighted by molar-refractivity contribution is 6.08. The molecule has 1 unspecified atom stereocenters. The molecule has 0 aliphatic heterocycles. The monoisotopic (exact) mass is 649 g/mol. The zero-order chi connectivity index (χ0) is 33.8. The first-order chi connectivity index (χ1) is 25.1. The molecule has 0 amide bonds. The molecule has 1 atom stereocenters. The lowest BCUT2D eigenvalue weighted by Gasteiger charge is -2.47. The largest absolute Gasteiger partial charge is 0.311 e. The fourth-order valence-electron chi connectivity index (χ4n) is 9.60. The molecule has 0 radical (unpaired) electrons. The van der Waals surface area contributed by atoms with Gasteiger partial charge in [-0.25, -0.2) is 0 Å². The molecule has 0 aromatic heterocycles. The van der Waals surface area contributed by atoms with Gasteiger partial charge >= 0.3 is 0 Å². The second kappa shape index (κ2) is 10.4. The molecule has 11 rings (SSSR count).